The van der Waals surface area contributed by atoms with Gasteiger partial charge in [-0.05, 0) is 36.4 Å². The van der Waals surface area contributed by atoms with Gasteiger partial charge in [0.2, 0.25) is 0 Å². The van der Waals surface area contributed by atoms with E-state index in [4.69, 9.17) is 5.26 Å². The highest BCUT2D eigenvalue weighted by Gasteiger charge is 2.23. The molecule has 1 aliphatic rings. The molecule has 3 aromatic rings. The van der Waals surface area contributed by atoms with E-state index < -0.39 is 0 Å². The molecule has 1 aliphatic heterocycles. The van der Waals surface area contributed by atoms with Gasteiger partial charge in [0, 0.05) is 43.6 Å². The van der Waals surface area contributed by atoms with Gasteiger partial charge in [-0.3, -0.25) is 4.79 Å². The summed E-state index contributed by atoms with van der Waals surface area (Å²) < 4.78 is 0. The van der Waals surface area contributed by atoms with E-state index in [0.717, 1.165) is 18.8 Å². The van der Waals surface area contributed by atoms with Gasteiger partial charge in [-0.2, -0.15) is 5.26 Å². The maximum absolute atomic E-state index is 12.9. The molecule has 2 aromatic carbocycles. The largest absolute Gasteiger partial charge is 0.368 e. The van der Waals surface area contributed by atoms with Crippen LogP contribution in [0.1, 0.15) is 16.1 Å². The van der Waals surface area contributed by atoms with Crippen molar-refractivity contribution >= 4 is 23.1 Å². The van der Waals surface area contributed by atoms with Crippen LogP contribution in [0.2, 0.25) is 0 Å². The van der Waals surface area contributed by atoms with Crippen molar-refractivity contribution in [3.8, 4) is 6.07 Å². The molecular weight excluding hydrogens is 364 g/mol. The Hall–Kier alpha value is -3.92. The molecule has 1 aromatic heterocycles. The zero-order valence-electron chi connectivity index (χ0n) is 15.8. The second-order valence-electron chi connectivity index (χ2n) is 6.72. The van der Waals surface area contributed by atoms with Crippen LogP contribution < -0.4 is 10.2 Å². The van der Waals surface area contributed by atoms with Gasteiger partial charge in [0.25, 0.3) is 5.91 Å². The van der Waals surface area contributed by atoms with Crippen molar-refractivity contribution in [1.29, 1.82) is 5.26 Å². The number of carbonyl (C=O) groups excluding carboxylic acids is 1. The fourth-order valence-electron chi connectivity index (χ4n) is 3.29. The first-order valence-corrected chi connectivity index (χ1v) is 9.41. The van der Waals surface area contributed by atoms with Crippen molar-refractivity contribution < 1.29 is 4.79 Å². The lowest BCUT2D eigenvalue weighted by Gasteiger charge is -2.36. The topological polar surface area (TPSA) is 85.2 Å². The Balaban J connectivity index is 1.40. The van der Waals surface area contributed by atoms with E-state index in [9.17, 15) is 4.79 Å². The summed E-state index contributed by atoms with van der Waals surface area (Å²) in [5, 5.41) is 12.0. The molecule has 144 valence electrons. The van der Waals surface area contributed by atoms with Crippen LogP contribution in [0.15, 0.2) is 67.0 Å². The monoisotopic (exact) mass is 384 g/mol. The summed E-state index contributed by atoms with van der Waals surface area (Å²) in [7, 11) is 0. The van der Waals surface area contributed by atoms with Gasteiger partial charge in [0.15, 0.2) is 0 Å². The third-order valence-electron chi connectivity index (χ3n) is 4.86. The van der Waals surface area contributed by atoms with Gasteiger partial charge < -0.3 is 15.1 Å². The fraction of sp³-hybridized carbons (Fsp3) is 0.182. The Kier molecular flexibility index (Phi) is 5.34. The number of rotatable bonds is 4. The van der Waals surface area contributed by atoms with Gasteiger partial charge in [-0.1, -0.05) is 18.2 Å². The quantitative estimate of drug-likeness (QED) is 0.744. The van der Waals surface area contributed by atoms with Crippen molar-refractivity contribution in [2.45, 2.75) is 0 Å². The molecule has 1 saturated heterocycles. The number of nitrogens with one attached hydrogen (secondary N) is 1. The maximum atomic E-state index is 12.9. The molecule has 0 spiro atoms. The highest BCUT2D eigenvalue weighted by Crippen LogP contribution is 2.18. The van der Waals surface area contributed by atoms with E-state index in [0.29, 0.717) is 30.2 Å². The average molecular weight is 384 g/mol. The van der Waals surface area contributed by atoms with Gasteiger partial charge in [0.05, 0.1) is 11.6 Å². The number of nitrogens with zero attached hydrogens (tertiary/aromatic N) is 5. The number of hydrogen-bond acceptors (Lipinski definition) is 6. The fourth-order valence-corrected chi connectivity index (χ4v) is 3.29. The van der Waals surface area contributed by atoms with Crippen molar-refractivity contribution in [2.75, 3.05) is 36.4 Å². The lowest BCUT2D eigenvalue weighted by molar-refractivity contribution is 0.0740. The summed E-state index contributed by atoms with van der Waals surface area (Å²) in [5.74, 6) is 0.443. The first-order chi connectivity index (χ1) is 14.2. The zero-order valence-corrected chi connectivity index (χ0v) is 15.8. The Labute approximate surface area is 169 Å². The number of hydrogen-bond donors (Lipinski definition) is 1. The van der Waals surface area contributed by atoms with Crippen molar-refractivity contribution in [1.82, 2.24) is 14.9 Å². The molecule has 1 N–H and O–H groups in total. The summed E-state index contributed by atoms with van der Waals surface area (Å²) in [6.07, 6.45) is 1.39. The summed E-state index contributed by atoms with van der Waals surface area (Å²) in [4.78, 5) is 25.3. The van der Waals surface area contributed by atoms with Crippen molar-refractivity contribution in [2.24, 2.45) is 0 Å². The first kappa shape index (κ1) is 18.4. The van der Waals surface area contributed by atoms with Crippen molar-refractivity contribution in [3.05, 3.63) is 78.2 Å². The minimum atomic E-state index is -0.0945. The Morgan fingerprint density at radius 3 is 2.38 bits per heavy atom. The predicted molar refractivity (Wildman–Crippen MR) is 111 cm³/mol. The predicted octanol–water partition coefficient (Wildman–Crippen LogP) is 3.05. The van der Waals surface area contributed by atoms with Gasteiger partial charge >= 0.3 is 0 Å². The molecule has 2 heterocycles. The van der Waals surface area contributed by atoms with Crippen LogP contribution in [-0.2, 0) is 0 Å². The zero-order chi connectivity index (χ0) is 20.1. The molecule has 4 rings (SSSR count). The van der Waals surface area contributed by atoms with Crippen LogP contribution in [0.3, 0.4) is 0 Å². The third-order valence-corrected chi connectivity index (χ3v) is 4.86. The van der Waals surface area contributed by atoms with Crippen molar-refractivity contribution in [3.63, 3.8) is 0 Å². The van der Waals surface area contributed by atoms with E-state index in [1.54, 1.807) is 30.3 Å². The summed E-state index contributed by atoms with van der Waals surface area (Å²) in [5.41, 5.74) is 2.92. The number of amides is 1. The Morgan fingerprint density at radius 1 is 0.966 bits per heavy atom. The number of aromatic nitrogens is 2. The molecule has 1 fully saturated rings. The van der Waals surface area contributed by atoms with Gasteiger partial charge in [0.1, 0.15) is 17.8 Å². The molecule has 0 radical (unpaired) electrons. The number of nitriles is 1. The SMILES string of the molecule is N#Cc1ccc(Nc2cc(C(=O)N3CCN(c4ccccc4)CC3)ncn2)cc1. The van der Waals surface area contributed by atoms with Gasteiger partial charge in [-0.25, -0.2) is 9.97 Å². The lowest BCUT2D eigenvalue weighted by atomic mass is 10.2. The highest BCUT2D eigenvalue weighted by molar-refractivity contribution is 5.93. The van der Waals surface area contributed by atoms with E-state index in [1.807, 2.05) is 23.1 Å². The smallest absolute Gasteiger partial charge is 0.272 e. The molecule has 0 saturated carbocycles. The number of piperazine rings is 1. The van der Waals surface area contributed by atoms with Crippen LogP contribution in [0.4, 0.5) is 17.2 Å². The molecule has 0 bridgehead atoms. The number of carbonyl (C=O) groups is 1. The lowest BCUT2D eigenvalue weighted by Crippen LogP contribution is -2.49. The Bertz CT molecular complexity index is 1020. The summed E-state index contributed by atoms with van der Waals surface area (Å²) in [6.45, 7) is 2.88. The van der Waals surface area contributed by atoms with Crippen LogP contribution in [0.25, 0.3) is 0 Å². The van der Waals surface area contributed by atoms with Gasteiger partial charge in [-0.15, -0.1) is 0 Å². The molecule has 1 amide bonds. The summed E-state index contributed by atoms with van der Waals surface area (Å²) >= 11 is 0. The molecule has 29 heavy (non-hydrogen) atoms. The molecule has 7 heteroatoms. The van der Waals surface area contributed by atoms with Crippen LogP contribution in [-0.4, -0.2) is 47.0 Å². The first-order valence-electron chi connectivity index (χ1n) is 9.41. The second kappa shape index (κ2) is 8.40. The number of benzene rings is 2. The average Bonchev–Trinajstić information content (AvgIpc) is 2.80. The molecule has 0 atom stereocenters. The van der Waals surface area contributed by atoms with E-state index in [1.165, 1.54) is 12.0 Å². The molecular formula is C22H20N6O. The minimum absolute atomic E-state index is 0.0945. The normalized spacial score (nSPS) is 13.6. The Morgan fingerprint density at radius 2 is 1.69 bits per heavy atom. The molecule has 7 nitrogen and oxygen atoms in total. The van der Waals surface area contributed by atoms with Crippen LogP contribution in [0, 0.1) is 11.3 Å². The highest BCUT2D eigenvalue weighted by atomic mass is 16.2. The third kappa shape index (κ3) is 4.33. The van der Waals surface area contributed by atoms with E-state index in [-0.39, 0.29) is 5.91 Å². The maximum Gasteiger partial charge on any atom is 0.272 e. The molecule has 0 aliphatic carbocycles. The molecule has 0 unspecified atom stereocenters. The van der Waals surface area contributed by atoms with Crippen LogP contribution in [0.5, 0.6) is 0 Å². The van der Waals surface area contributed by atoms with Crippen LogP contribution >= 0.6 is 0 Å². The summed E-state index contributed by atoms with van der Waals surface area (Å²) in [6, 6.07) is 21.0. The number of anilines is 3. The minimum Gasteiger partial charge on any atom is -0.368 e. The standard InChI is InChI=1S/C22H20N6O/c23-15-17-6-8-18(9-7-17)26-21-14-20(24-16-25-21)22(29)28-12-10-27(11-13-28)19-4-2-1-3-5-19/h1-9,14,16H,10-13H2,(H,24,25,26). The second-order valence-corrected chi connectivity index (χ2v) is 6.72. The van der Waals surface area contributed by atoms with E-state index in [2.05, 4.69) is 38.4 Å². The van der Waals surface area contributed by atoms with E-state index >= 15 is 0 Å². The number of para-hydroxylation sites is 1.